The molecular weight excluding hydrogens is 292 g/mol. The molecule has 0 unspecified atom stereocenters. The van der Waals surface area contributed by atoms with Crippen LogP contribution >= 0.6 is 0 Å². The van der Waals surface area contributed by atoms with Crippen molar-refractivity contribution in [3.63, 3.8) is 0 Å². The zero-order valence-electron chi connectivity index (χ0n) is 12.5. The van der Waals surface area contributed by atoms with Gasteiger partial charge in [-0.3, -0.25) is 0 Å². The van der Waals surface area contributed by atoms with E-state index in [9.17, 15) is 8.42 Å². The molecule has 0 amide bonds. The van der Waals surface area contributed by atoms with Crippen molar-refractivity contribution < 1.29 is 13.6 Å². The highest BCUT2D eigenvalue weighted by atomic mass is 32.2. The van der Waals surface area contributed by atoms with E-state index in [0.717, 1.165) is 6.26 Å². The fourth-order valence-corrected chi connectivity index (χ4v) is 2.77. The minimum absolute atomic E-state index is 0.0978. The molecule has 8 heteroatoms. The average molecular weight is 314 g/mol. The number of pyridine rings is 1. The lowest BCUT2D eigenvalue weighted by molar-refractivity contribution is 0.317. The van der Waals surface area contributed by atoms with Gasteiger partial charge in [-0.1, -0.05) is 19.0 Å². The fourth-order valence-electron chi connectivity index (χ4n) is 1.93. The van der Waals surface area contributed by atoms with Crippen LogP contribution in [0.25, 0.3) is 0 Å². The van der Waals surface area contributed by atoms with Crippen molar-refractivity contribution in [1.82, 2.24) is 4.98 Å². The van der Waals surface area contributed by atoms with Gasteiger partial charge in [0.25, 0.3) is 0 Å². The molecule has 1 aromatic heterocycles. The Morgan fingerprint density at radius 2 is 2.19 bits per heavy atom. The zero-order valence-corrected chi connectivity index (χ0v) is 13.3. The number of hydrogen-bond donors (Lipinski definition) is 2. The van der Waals surface area contributed by atoms with Crippen molar-refractivity contribution in [2.24, 2.45) is 16.8 Å². The van der Waals surface area contributed by atoms with Crippen molar-refractivity contribution in [1.29, 1.82) is 0 Å². The SMILES string of the molecule is CC(C)CN(CC/C(N)=N/O)c1ncccc1S(C)(=O)=O. The Labute approximate surface area is 125 Å². The van der Waals surface area contributed by atoms with Crippen LogP contribution in [0.1, 0.15) is 20.3 Å². The number of amidine groups is 1. The van der Waals surface area contributed by atoms with Crippen LogP contribution < -0.4 is 10.6 Å². The largest absolute Gasteiger partial charge is 0.409 e. The maximum atomic E-state index is 11.9. The van der Waals surface area contributed by atoms with Crippen LogP contribution in [0, 0.1) is 5.92 Å². The molecule has 0 aliphatic rings. The molecule has 1 rings (SSSR count). The average Bonchev–Trinajstić information content (AvgIpc) is 2.41. The summed E-state index contributed by atoms with van der Waals surface area (Å²) < 4.78 is 23.8. The summed E-state index contributed by atoms with van der Waals surface area (Å²) in [7, 11) is -3.37. The number of hydrogen-bond acceptors (Lipinski definition) is 6. The van der Waals surface area contributed by atoms with Gasteiger partial charge in [-0.05, 0) is 18.1 Å². The van der Waals surface area contributed by atoms with Gasteiger partial charge >= 0.3 is 0 Å². The molecule has 0 aliphatic carbocycles. The summed E-state index contributed by atoms with van der Waals surface area (Å²) in [6, 6.07) is 3.13. The third-order valence-corrected chi connectivity index (χ3v) is 3.92. The lowest BCUT2D eigenvalue weighted by Gasteiger charge is -2.26. The highest BCUT2D eigenvalue weighted by Crippen LogP contribution is 2.23. The second-order valence-electron chi connectivity index (χ2n) is 5.28. The van der Waals surface area contributed by atoms with Gasteiger partial charge in [0.1, 0.15) is 16.5 Å². The topological polar surface area (TPSA) is 109 Å². The Kier molecular flexibility index (Phi) is 5.95. The highest BCUT2D eigenvalue weighted by Gasteiger charge is 2.20. The molecule has 1 heterocycles. The van der Waals surface area contributed by atoms with E-state index in [2.05, 4.69) is 10.1 Å². The Balaban J connectivity index is 3.14. The highest BCUT2D eigenvalue weighted by molar-refractivity contribution is 7.90. The lowest BCUT2D eigenvalue weighted by atomic mass is 10.2. The summed E-state index contributed by atoms with van der Waals surface area (Å²) in [5.41, 5.74) is 5.49. The van der Waals surface area contributed by atoms with Gasteiger partial charge in [-0.2, -0.15) is 0 Å². The van der Waals surface area contributed by atoms with E-state index in [4.69, 9.17) is 10.9 Å². The molecule has 0 radical (unpaired) electrons. The maximum absolute atomic E-state index is 11.9. The summed E-state index contributed by atoms with van der Waals surface area (Å²) in [5.74, 6) is 0.812. The van der Waals surface area contributed by atoms with Crippen LogP contribution in [0.2, 0.25) is 0 Å². The first-order valence-electron chi connectivity index (χ1n) is 6.62. The van der Waals surface area contributed by atoms with E-state index in [-0.39, 0.29) is 10.7 Å². The quantitative estimate of drug-likeness (QED) is 0.337. The second-order valence-corrected chi connectivity index (χ2v) is 7.26. The number of nitrogens with two attached hydrogens (primary N) is 1. The Morgan fingerprint density at radius 3 is 2.71 bits per heavy atom. The molecule has 0 fully saturated rings. The Bertz CT molecular complexity index is 599. The predicted molar refractivity (Wildman–Crippen MR) is 82.4 cm³/mol. The number of aromatic nitrogens is 1. The smallest absolute Gasteiger partial charge is 0.179 e. The van der Waals surface area contributed by atoms with Crippen LogP contribution in [0.5, 0.6) is 0 Å². The minimum Gasteiger partial charge on any atom is -0.409 e. The maximum Gasteiger partial charge on any atom is 0.179 e. The van der Waals surface area contributed by atoms with Crippen molar-refractivity contribution in [2.45, 2.75) is 25.2 Å². The molecule has 0 aromatic carbocycles. The van der Waals surface area contributed by atoms with E-state index >= 15 is 0 Å². The first-order chi connectivity index (χ1) is 9.75. The molecule has 7 nitrogen and oxygen atoms in total. The molecule has 0 saturated heterocycles. The first kappa shape index (κ1) is 17.2. The molecule has 0 bridgehead atoms. The number of sulfone groups is 1. The van der Waals surface area contributed by atoms with Gasteiger partial charge in [-0.15, -0.1) is 0 Å². The van der Waals surface area contributed by atoms with Gasteiger partial charge in [0.2, 0.25) is 0 Å². The summed E-state index contributed by atoms with van der Waals surface area (Å²) in [6.45, 7) is 5.10. The standard InChI is InChI=1S/C13H22N4O3S/c1-10(2)9-17(8-6-12(14)16-18)13-11(21(3,19)20)5-4-7-15-13/h4-5,7,10,18H,6,8-9H2,1-3H3,(H2,14,16). The summed E-state index contributed by atoms with van der Waals surface area (Å²) >= 11 is 0. The molecule has 0 atom stereocenters. The number of rotatable bonds is 7. The van der Waals surface area contributed by atoms with Crippen molar-refractivity contribution in [3.05, 3.63) is 18.3 Å². The Morgan fingerprint density at radius 1 is 1.52 bits per heavy atom. The van der Waals surface area contributed by atoms with Gasteiger partial charge < -0.3 is 15.8 Å². The molecule has 0 spiro atoms. The lowest BCUT2D eigenvalue weighted by Crippen LogP contribution is -2.33. The van der Waals surface area contributed by atoms with Crippen molar-refractivity contribution >= 4 is 21.5 Å². The van der Waals surface area contributed by atoms with Gasteiger partial charge in [0, 0.05) is 32.0 Å². The number of anilines is 1. The number of nitrogens with zero attached hydrogens (tertiary/aromatic N) is 3. The van der Waals surface area contributed by atoms with Gasteiger partial charge in [-0.25, -0.2) is 13.4 Å². The van der Waals surface area contributed by atoms with E-state index in [1.807, 2.05) is 18.7 Å². The van der Waals surface area contributed by atoms with Crippen LogP contribution in [0.4, 0.5) is 5.82 Å². The van der Waals surface area contributed by atoms with E-state index < -0.39 is 9.84 Å². The predicted octanol–water partition coefficient (Wildman–Crippen LogP) is 1.08. The van der Waals surface area contributed by atoms with Crippen LogP contribution in [-0.4, -0.2) is 43.8 Å². The second kappa shape index (κ2) is 7.26. The molecule has 1 aromatic rings. The van der Waals surface area contributed by atoms with E-state index in [1.165, 1.54) is 6.07 Å². The van der Waals surface area contributed by atoms with Crippen molar-refractivity contribution in [3.8, 4) is 0 Å². The number of oxime groups is 1. The third-order valence-electron chi connectivity index (χ3n) is 2.80. The summed E-state index contributed by atoms with van der Waals surface area (Å²) in [5, 5.41) is 11.6. The first-order valence-corrected chi connectivity index (χ1v) is 8.51. The summed E-state index contributed by atoms with van der Waals surface area (Å²) in [6.07, 6.45) is 3.04. The molecule has 3 N–H and O–H groups in total. The van der Waals surface area contributed by atoms with Crippen LogP contribution in [-0.2, 0) is 9.84 Å². The molecule has 0 aliphatic heterocycles. The zero-order chi connectivity index (χ0) is 16.0. The van der Waals surface area contributed by atoms with E-state index in [0.29, 0.717) is 31.2 Å². The minimum atomic E-state index is -3.37. The van der Waals surface area contributed by atoms with Crippen molar-refractivity contribution in [2.75, 3.05) is 24.2 Å². The van der Waals surface area contributed by atoms with Gasteiger partial charge in [0.15, 0.2) is 9.84 Å². The fraction of sp³-hybridized carbons (Fsp3) is 0.538. The van der Waals surface area contributed by atoms with Gasteiger partial charge in [0.05, 0.1) is 0 Å². The molecule has 21 heavy (non-hydrogen) atoms. The summed E-state index contributed by atoms with van der Waals surface area (Å²) in [4.78, 5) is 6.24. The Hall–Kier alpha value is -1.83. The third kappa shape index (κ3) is 5.22. The monoisotopic (exact) mass is 314 g/mol. The van der Waals surface area contributed by atoms with Crippen LogP contribution in [0.3, 0.4) is 0 Å². The normalized spacial score (nSPS) is 12.7. The van der Waals surface area contributed by atoms with Crippen LogP contribution in [0.15, 0.2) is 28.4 Å². The van der Waals surface area contributed by atoms with E-state index in [1.54, 1.807) is 12.3 Å². The molecule has 0 saturated carbocycles. The molecular formula is C13H22N4O3S. The molecule has 118 valence electrons.